The summed E-state index contributed by atoms with van der Waals surface area (Å²) < 4.78 is 6.85. The molecule has 0 aliphatic heterocycles. The van der Waals surface area contributed by atoms with Crippen LogP contribution < -0.4 is 0 Å². The molecule has 0 aliphatic carbocycles. The second kappa shape index (κ2) is 8.64. The van der Waals surface area contributed by atoms with Crippen molar-refractivity contribution in [3.8, 4) is 0 Å². The summed E-state index contributed by atoms with van der Waals surface area (Å²) in [6.45, 7) is 6.02. The van der Waals surface area contributed by atoms with Crippen LogP contribution in [0.1, 0.15) is 35.5 Å². The number of ether oxygens (including phenoxy) is 1. The van der Waals surface area contributed by atoms with E-state index in [9.17, 15) is 4.79 Å². The molecule has 1 aromatic carbocycles. The minimum atomic E-state index is 0.0276. The SMILES string of the molecule is COCc1nn(C)cc1C(=O)N(CCc1ccccc1)CC(C)C. The summed E-state index contributed by atoms with van der Waals surface area (Å²) in [5.41, 5.74) is 2.56. The normalized spacial score (nSPS) is 11.0. The zero-order valence-corrected chi connectivity index (χ0v) is 15.0. The van der Waals surface area contributed by atoms with Gasteiger partial charge in [-0.25, -0.2) is 0 Å². The van der Waals surface area contributed by atoms with E-state index >= 15 is 0 Å². The summed E-state index contributed by atoms with van der Waals surface area (Å²) in [6.07, 6.45) is 2.63. The molecule has 0 unspecified atom stereocenters. The zero-order chi connectivity index (χ0) is 17.5. The summed E-state index contributed by atoms with van der Waals surface area (Å²) in [7, 11) is 3.44. The highest BCUT2D eigenvalue weighted by atomic mass is 16.5. The Morgan fingerprint density at radius 2 is 2.00 bits per heavy atom. The Morgan fingerprint density at radius 3 is 2.62 bits per heavy atom. The van der Waals surface area contributed by atoms with Gasteiger partial charge in [-0.15, -0.1) is 0 Å². The van der Waals surface area contributed by atoms with Gasteiger partial charge in [0.05, 0.1) is 12.2 Å². The van der Waals surface area contributed by atoms with Crippen molar-refractivity contribution in [2.75, 3.05) is 20.2 Å². The second-order valence-corrected chi connectivity index (χ2v) is 6.48. The van der Waals surface area contributed by atoms with Crippen LogP contribution in [0.2, 0.25) is 0 Å². The fraction of sp³-hybridized carbons (Fsp3) is 0.474. The number of nitrogens with zero attached hydrogens (tertiary/aromatic N) is 3. The maximum absolute atomic E-state index is 13.0. The van der Waals surface area contributed by atoms with Crippen LogP contribution in [0, 0.1) is 5.92 Å². The molecule has 0 saturated heterocycles. The van der Waals surface area contributed by atoms with Gasteiger partial charge in [0.25, 0.3) is 5.91 Å². The maximum Gasteiger partial charge on any atom is 0.257 e. The van der Waals surface area contributed by atoms with E-state index in [-0.39, 0.29) is 5.91 Å². The van der Waals surface area contributed by atoms with Crippen molar-refractivity contribution in [1.29, 1.82) is 0 Å². The van der Waals surface area contributed by atoms with Gasteiger partial charge in [0, 0.05) is 33.4 Å². The van der Waals surface area contributed by atoms with Crippen LogP contribution in [0.5, 0.6) is 0 Å². The van der Waals surface area contributed by atoms with Crippen LogP contribution in [0.15, 0.2) is 36.5 Å². The Bertz CT molecular complexity index is 650. The lowest BCUT2D eigenvalue weighted by Gasteiger charge is -2.24. The number of methoxy groups -OCH3 is 1. The summed E-state index contributed by atoms with van der Waals surface area (Å²) in [6, 6.07) is 10.3. The number of rotatable bonds is 8. The fourth-order valence-corrected chi connectivity index (χ4v) is 2.75. The number of hydrogen-bond acceptors (Lipinski definition) is 3. The molecule has 1 heterocycles. The van der Waals surface area contributed by atoms with Crippen molar-refractivity contribution >= 4 is 5.91 Å². The highest BCUT2D eigenvalue weighted by Crippen LogP contribution is 2.14. The van der Waals surface area contributed by atoms with Crippen molar-refractivity contribution < 1.29 is 9.53 Å². The number of aromatic nitrogens is 2. The third-order valence-corrected chi connectivity index (χ3v) is 3.80. The molecule has 0 bridgehead atoms. The van der Waals surface area contributed by atoms with E-state index in [0.717, 1.165) is 13.0 Å². The number of benzene rings is 1. The van der Waals surface area contributed by atoms with Crippen molar-refractivity contribution in [3.05, 3.63) is 53.3 Å². The van der Waals surface area contributed by atoms with E-state index in [1.807, 2.05) is 30.1 Å². The Kier molecular flexibility index (Phi) is 6.55. The van der Waals surface area contributed by atoms with E-state index in [4.69, 9.17) is 4.74 Å². The standard InChI is InChI=1S/C19H27N3O2/c1-15(2)12-22(11-10-16-8-6-5-7-9-16)19(23)17-13-21(3)20-18(17)14-24-4/h5-9,13,15H,10-12,14H2,1-4H3. The lowest BCUT2D eigenvalue weighted by molar-refractivity contribution is 0.0733. The van der Waals surface area contributed by atoms with Gasteiger partial charge in [0.1, 0.15) is 5.69 Å². The molecule has 0 spiro atoms. The predicted octanol–water partition coefficient (Wildman–Crippen LogP) is 2.91. The molecule has 1 aromatic heterocycles. The summed E-state index contributed by atoms with van der Waals surface area (Å²) in [5.74, 6) is 0.437. The van der Waals surface area contributed by atoms with Crippen LogP contribution in [-0.4, -0.2) is 40.8 Å². The van der Waals surface area contributed by atoms with Gasteiger partial charge in [-0.2, -0.15) is 5.10 Å². The molecule has 24 heavy (non-hydrogen) atoms. The molecular weight excluding hydrogens is 302 g/mol. The number of amides is 1. The Labute approximate surface area is 144 Å². The lowest BCUT2D eigenvalue weighted by atomic mass is 10.1. The minimum absolute atomic E-state index is 0.0276. The molecular formula is C19H27N3O2. The molecule has 5 nitrogen and oxygen atoms in total. The van der Waals surface area contributed by atoms with Crippen molar-refractivity contribution in [1.82, 2.24) is 14.7 Å². The van der Waals surface area contributed by atoms with Gasteiger partial charge in [-0.3, -0.25) is 9.48 Å². The molecule has 0 saturated carbocycles. The first-order valence-corrected chi connectivity index (χ1v) is 8.36. The first-order valence-electron chi connectivity index (χ1n) is 8.36. The predicted molar refractivity (Wildman–Crippen MR) is 94.8 cm³/mol. The average Bonchev–Trinajstić information content (AvgIpc) is 2.92. The van der Waals surface area contributed by atoms with Gasteiger partial charge >= 0.3 is 0 Å². The number of carbonyl (C=O) groups excluding carboxylic acids is 1. The van der Waals surface area contributed by atoms with E-state index in [1.54, 1.807) is 18.0 Å². The van der Waals surface area contributed by atoms with Crippen LogP contribution in [-0.2, 0) is 24.8 Å². The Hall–Kier alpha value is -2.14. The molecule has 0 atom stereocenters. The molecule has 0 fully saturated rings. The van der Waals surface area contributed by atoms with Crippen LogP contribution in [0.4, 0.5) is 0 Å². The van der Waals surface area contributed by atoms with Crippen LogP contribution in [0.25, 0.3) is 0 Å². The van der Waals surface area contributed by atoms with Gasteiger partial charge in [-0.1, -0.05) is 44.2 Å². The number of carbonyl (C=O) groups is 1. The summed E-state index contributed by atoms with van der Waals surface area (Å²) in [5, 5.41) is 4.35. The van der Waals surface area contributed by atoms with Gasteiger partial charge < -0.3 is 9.64 Å². The number of aryl methyl sites for hydroxylation is 1. The molecule has 0 aliphatic rings. The topological polar surface area (TPSA) is 47.4 Å². The third-order valence-electron chi connectivity index (χ3n) is 3.80. The summed E-state index contributed by atoms with van der Waals surface area (Å²) >= 11 is 0. The molecule has 130 valence electrons. The van der Waals surface area contributed by atoms with E-state index in [0.29, 0.717) is 30.3 Å². The van der Waals surface area contributed by atoms with Crippen molar-refractivity contribution in [3.63, 3.8) is 0 Å². The zero-order valence-electron chi connectivity index (χ0n) is 15.0. The quantitative estimate of drug-likeness (QED) is 0.748. The highest BCUT2D eigenvalue weighted by molar-refractivity contribution is 5.95. The second-order valence-electron chi connectivity index (χ2n) is 6.48. The minimum Gasteiger partial charge on any atom is -0.378 e. The van der Waals surface area contributed by atoms with Gasteiger partial charge in [0.15, 0.2) is 0 Å². The Morgan fingerprint density at radius 1 is 1.29 bits per heavy atom. The van der Waals surface area contributed by atoms with E-state index < -0.39 is 0 Å². The first-order chi connectivity index (χ1) is 11.5. The molecule has 2 rings (SSSR count). The summed E-state index contributed by atoms with van der Waals surface area (Å²) in [4.78, 5) is 15.0. The molecule has 2 aromatic rings. The molecule has 1 amide bonds. The molecule has 0 radical (unpaired) electrons. The largest absolute Gasteiger partial charge is 0.378 e. The van der Waals surface area contributed by atoms with Crippen LogP contribution >= 0.6 is 0 Å². The van der Waals surface area contributed by atoms with Crippen LogP contribution in [0.3, 0.4) is 0 Å². The number of hydrogen-bond donors (Lipinski definition) is 0. The smallest absolute Gasteiger partial charge is 0.257 e. The lowest BCUT2D eigenvalue weighted by Crippen LogP contribution is -2.36. The fourth-order valence-electron chi connectivity index (χ4n) is 2.75. The van der Waals surface area contributed by atoms with Crippen molar-refractivity contribution in [2.24, 2.45) is 13.0 Å². The third kappa shape index (κ3) is 4.93. The molecule has 0 N–H and O–H groups in total. The van der Waals surface area contributed by atoms with Crippen molar-refractivity contribution in [2.45, 2.75) is 26.9 Å². The first kappa shape index (κ1) is 18.2. The molecule has 5 heteroatoms. The van der Waals surface area contributed by atoms with Gasteiger partial charge in [0.2, 0.25) is 0 Å². The highest BCUT2D eigenvalue weighted by Gasteiger charge is 2.22. The van der Waals surface area contributed by atoms with E-state index in [2.05, 4.69) is 31.1 Å². The average molecular weight is 329 g/mol. The maximum atomic E-state index is 13.0. The van der Waals surface area contributed by atoms with Gasteiger partial charge in [-0.05, 0) is 17.9 Å². The Balaban J connectivity index is 2.15. The monoisotopic (exact) mass is 329 g/mol. The van der Waals surface area contributed by atoms with E-state index in [1.165, 1.54) is 5.56 Å².